The third-order valence-corrected chi connectivity index (χ3v) is 4.54. The van der Waals surface area contributed by atoms with Crippen molar-refractivity contribution in [1.29, 1.82) is 0 Å². The van der Waals surface area contributed by atoms with Gasteiger partial charge in [-0.2, -0.15) is 0 Å². The molecule has 3 heterocycles. The molecule has 1 N–H and O–H groups in total. The number of anilines is 1. The lowest BCUT2D eigenvalue weighted by atomic mass is 9.88. The van der Waals surface area contributed by atoms with E-state index in [4.69, 9.17) is 4.74 Å². The Kier molecular flexibility index (Phi) is 3.63. The van der Waals surface area contributed by atoms with Crippen LogP contribution in [0.3, 0.4) is 0 Å². The number of nitrogens with zero attached hydrogens (tertiary/aromatic N) is 3. The summed E-state index contributed by atoms with van der Waals surface area (Å²) >= 11 is 0. The number of pyridine rings is 1. The molecule has 1 unspecified atom stereocenters. The first kappa shape index (κ1) is 16.7. The van der Waals surface area contributed by atoms with E-state index in [2.05, 4.69) is 9.98 Å². The van der Waals surface area contributed by atoms with E-state index < -0.39 is 5.60 Å². The van der Waals surface area contributed by atoms with Crippen LogP contribution in [-0.2, 0) is 0 Å². The van der Waals surface area contributed by atoms with Crippen molar-refractivity contribution in [2.24, 2.45) is 4.99 Å². The molecule has 6 heteroatoms. The van der Waals surface area contributed by atoms with E-state index in [-0.39, 0.29) is 11.4 Å². The molecule has 0 spiro atoms. The highest BCUT2D eigenvalue weighted by molar-refractivity contribution is 6.28. The van der Waals surface area contributed by atoms with Crippen molar-refractivity contribution < 1.29 is 14.6 Å². The van der Waals surface area contributed by atoms with Crippen molar-refractivity contribution in [3.05, 3.63) is 48.3 Å². The van der Waals surface area contributed by atoms with Gasteiger partial charge in [0.1, 0.15) is 17.2 Å². The molecule has 1 aromatic carbocycles. The lowest BCUT2D eigenvalue weighted by molar-refractivity contribution is 0.0602. The first-order valence-corrected chi connectivity index (χ1v) is 8.65. The number of rotatable bonds is 2. The topological polar surface area (TPSA) is 75.0 Å². The van der Waals surface area contributed by atoms with Gasteiger partial charge in [-0.1, -0.05) is 0 Å². The van der Waals surface area contributed by atoms with Crippen molar-refractivity contribution in [2.45, 2.75) is 38.4 Å². The number of ketones is 1. The smallest absolute Gasteiger partial charge is 0.204 e. The highest BCUT2D eigenvalue weighted by atomic mass is 16.5. The van der Waals surface area contributed by atoms with Crippen LogP contribution in [0.25, 0.3) is 0 Å². The van der Waals surface area contributed by atoms with E-state index in [1.54, 1.807) is 18.5 Å². The molecule has 134 valence electrons. The number of hydrogen-bond acceptors (Lipinski definition) is 6. The molecule has 0 aliphatic carbocycles. The zero-order valence-corrected chi connectivity index (χ0v) is 15.1. The summed E-state index contributed by atoms with van der Waals surface area (Å²) in [7, 11) is 0. The van der Waals surface area contributed by atoms with Crippen LogP contribution in [-0.4, -0.2) is 39.5 Å². The molecule has 1 saturated heterocycles. The second kappa shape index (κ2) is 5.64. The Morgan fingerprint density at radius 1 is 1.19 bits per heavy atom. The van der Waals surface area contributed by atoms with E-state index in [1.165, 1.54) is 0 Å². The Balaban J connectivity index is 1.69. The third kappa shape index (κ3) is 2.66. The molecule has 4 rings (SSSR count). The van der Waals surface area contributed by atoms with E-state index in [9.17, 15) is 9.90 Å². The fourth-order valence-corrected chi connectivity index (χ4v) is 3.39. The summed E-state index contributed by atoms with van der Waals surface area (Å²) in [6.07, 6.45) is 3.41. The Morgan fingerprint density at radius 2 is 1.92 bits per heavy atom. The summed E-state index contributed by atoms with van der Waals surface area (Å²) in [6.45, 7) is 6.50. The van der Waals surface area contributed by atoms with Crippen molar-refractivity contribution in [3.8, 4) is 5.75 Å². The van der Waals surface area contributed by atoms with Gasteiger partial charge in [0.25, 0.3) is 0 Å². The van der Waals surface area contributed by atoms with Gasteiger partial charge in [-0.15, -0.1) is 0 Å². The fourth-order valence-electron chi connectivity index (χ4n) is 3.39. The highest BCUT2D eigenvalue weighted by Crippen LogP contribution is 2.39. The minimum atomic E-state index is -1.57. The Morgan fingerprint density at radius 3 is 2.62 bits per heavy atom. The summed E-state index contributed by atoms with van der Waals surface area (Å²) in [4.78, 5) is 23.3. The van der Waals surface area contributed by atoms with Crippen LogP contribution >= 0.6 is 0 Å². The standard InChI is InChI=1S/C20H21N3O3/c1-19(2,3)26-14-6-4-13(5-7-14)23-11-9-20(25)17(24)15-8-10-21-12-16(15)22-18(20)23/h4-8,10,12,25H,9,11H2,1-3H3. The number of fused-ring (bicyclic) bond motifs is 2. The van der Waals surface area contributed by atoms with Crippen LogP contribution in [0.1, 0.15) is 37.6 Å². The number of ether oxygens (including phenoxy) is 1. The zero-order chi connectivity index (χ0) is 18.5. The van der Waals surface area contributed by atoms with Crippen LogP contribution in [0.15, 0.2) is 47.7 Å². The SMILES string of the molecule is CC(C)(C)Oc1ccc(N2CCC3(O)C(=O)c4ccncc4N=C23)cc1. The normalized spacial score (nSPS) is 21.9. The van der Waals surface area contributed by atoms with Gasteiger partial charge < -0.3 is 14.7 Å². The van der Waals surface area contributed by atoms with Gasteiger partial charge in [0.05, 0.1) is 17.4 Å². The maximum absolute atomic E-state index is 12.8. The minimum Gasteiger partial charge on any atom is -0.488 e. The monoisotopic (exact) mass is 351 g/mol. The Labute approximate surface area is 152 Å². The number of carbonyl (C=O) groups is 1. The average molecular weight is 351 g/mol. The molecule has 1 atom stereocenters. The number of Topliss-reactive ketones (excluding diaryl/α,β-unsaturated/α-hetero) is 1. The molecule has 2 aromatic rings. The lowest BCUT2D eigenvalue weighted by Crippen LogP contribution is -2.48. The predicted molar refractivity (Wildman–Crippen MR) is 99.4 cm³/mol. The summed E-state index contributed by atoms with van der Waals surface area (Å²) < 4.78 is 5.85. The number of carbonyl (C=O) groups excluding carboxylic acids is 1. The number of aliphatic hydroxyl groups is 1. The van der Waals surface area contributed by atoms with Gasteiger partial charge in [-0.05, 0) is 51.1 Å². The van der Waals surface area contributed by atoms with Crippen molar-refractivity contribution in [3.63, 3.8) is 0 Å². The van der Waals surface area contributed by atoms with Gasteiger partial charge >= 0.3 is 0 Å². The van der Waals surface area contributed by atoms with Crippen LogP contribution in [0.2, 0.25) is 0 Å². The van der Waals surface area contributed by atoms with E-state index in [0.717, 1.165) is 11.4 Å². The predicted octanol–water partition coefficient (Wildman–Crippen LogP) is 3.13. The quantitative estimate of drug-likeness (QED) is 0.900. The van der Waals surface area contributed by atoms with Gasteiger partial charge in [-0.25, -0.2) is 4.99 Å². The minimum absolute atomic E-state index is 0.272. The van der Waals surface area contributed by atoms with Gasteiger partial charge in [-0.3, -0.25) is 9.78 Å². The second-order valence-electron chi connectivity index (χ2n) is 7.63. The number of hydrogen-bond donors (Lipinski definition) is 1. The maximum atomic E-state index is 12.8. The molecule has 2 aliphatic rings. The summed E-state index contributed by atoms with van der Waals surface area (Å²) in [5.41, 5.74) is -0.0687. The average Bonchev–Trinajstić information content (AvgIpc) is 2.93. The first-order valence-electron chi connectivity index (χ1n) is 8.65. The lowest BCUT2D eigenvalue weighted by Gasteiger charge is -2.29. The van der Waals surface area contributed by atoms with Crippen LogP contribution in [0.4, 0.5) is 11.4 Å². The molecular weight excluding hydrogens is 330 g/mol. The molecule has 2 aliphatic heterocycles. The molecule has 1 aromatic heterocycles. The van der Waals surface area contributed by atoms with Crippen molar-refractivity contribution in [1.82, 2.24) is 4.98 Å². The summed E-state index contributed by atoms with van der Waals surface area (Å²) in [5.74, 6) is 0.828. The maximum Gasteiger partial charge on any atom is 0.204 e. The second-order valence-corrected chi connectivity index (χ2v) is 7.63. The Bertz CT molecular complexity index is 899. The van der Waals surface area contributed by atoms with Crippen molar-refractivity contribution in [2.75, 3.05) is 11.4 Å². The zero-order valence-electron chi connectivity index (χ0n) is 15.1. The van der Waals surface area contributed by atoms with Gasteiger partial charge in [0.2, 0.25) is 5.78 Å². The largest absolute Gasteiger partial charge is 0.488 e. The number of aliphatic imine (C=N–C) groups is 1. The van der Waals surface area contributed by atoms with Crippen LogP contribution in [0, 0.1) is 0 Å². The molecule has 0 radical (unpaired) electrons. The van der Waals surface area contributed by atoms with E-state index in [1.807, 2.05) is 49.9 Å². The van der Waals surface area contributed by atoms with E-state index in [0.29, 0.717) is 30.1 Å². The highest BCUT2D eigenvalue weighted by Gasteiger charge is 2.52. The molecule has 1 fully saturated rings. The van der Waals surface area contributed by atoms with Crippen LogP contribution in [0.5, 0.6) is 5.75 Å². The van der Waals surface area contributed by atoms with E-state index >= 15 is 0 Å². The molecule has 0 bridgehead atoms. The molecule has 6 nitrogen and oxygen atoms in total. The number of benzene rings is 1. The first-order chi connectivity index (χ1) is 12.3. The molecule has 0 saturated carbocycles. The van der Waals surface area contributed by atoms with Gasteiger partial charge in [0.15, 0.2) is 5.60 Å². The summed E-state index contributed by atoms with van der Waals surface area (Å²) in [6, 6.07) is 9.21. The number of aromatic nitrogens is 1. The van der Waals surface area contributed by atoms with Crippen LogP contribution < -0.4 is 9.64 Å². The number of amidine groups is 1. The third-order valence-electron chi connectivity index (χ3n) is 4.54. The summed E-state index contributed by atoms with van der Waals surface area (Å²) in [5, 5.41) is 11.0. The van der Waals surface area contributed by atoms with Gasteiger partial charge in [0, 0.05) is 24.8 Å². The molecule has 26 heavy (non-hydrogen) atoms. The molecule has 0 amide bonds. The van der Waals surface area contributed by atoms with Crippen molar-refractivity contribution >= 4 is 23.0 Å². The fraction of sp³-hybridized carbons (Fsp3) is 0.350. The molecular formula is C20H21N3O3. The Hall–Kier alpha value is -2.73.